The molecule has 7 rings (SSSR count). The molecule has 0 unspecified atom stereocenters. The van der Waals surface area contributed by atoms with Crippen molar-refractivity contribution in [3.63, 3.8) is 0 Å². The first kappa shape index (κ1) is 56.6. The number of nitrogens with zero attached hydrogens (tertiary/aromatic N) is 7. The maximum Gasteiger partial charge on any atom is 0.416 e. The largest absolute Gasteiger partial charge is 0.416 e. The molecule has 4 amide bonds. The number of anilines is 2. The molecule has 2 aliphatic heterocycles. The minimum atomic E-state index is -4.56. The number of fused-ring (bicyclic) bond motifs is 1. The lowest BCUT2D eigenvalue weighted by atomic mass is 9.84. The molecule has 0 bridgehead atoms. The number of benzene rings is 1. The van der Waals surface area contributed by atoms with Gasteiger partial charge in [-0.2, -0.15) is 13.2 Å². The quantitative estimate of drug-likeness (QED) is 0.0581. The number of pyridine rings is 2. The highest BCUT2D eigenvalue weighted by Crippen LogP contribution is 2.37. The molecule has 0 radical (unpaired) electrons. The zero-order chi connectivity index (χ0) is 53.3. The maximum absolute atomic E-state index is 14.1. The van der Waals surface area contributed by atoms with E-state index in [2.05, 4.69) is 67.0 Å². The fraction of sp³-hybridized carbons (Fsp3) is 0.577. The summed E-state index contributed by atoms with van der Waals surface area (Å²) < 4.78 is 68.8. The van der Waals surface area contributed by atoms with Gasteiger partial charge < -0.3 is 59.7 Å². The summed E-state index contributed by atoms with van der Waals surface area (Å²) in [6.07, 6.45) is 2.67. The Hall–Kier alpha value is -6.11. The van der Waals surface area contributed by atoms with Gasteiger partial charge in [-0.15, -0.1) is 0 Å². The number of likely N-dealkylation sites (tertiary alicyclic amines) is 2. The summed E-state index contributed by atoms with van der Waals surface area (Å²) in [6.45, 7) is 9.16. The number of hydrogen-bond acceptors (Lipinski definition) is 16. The average Bonchev–Trinajstić information content (AvgIpc) is 3.92. The molecule has 4 aromatic rings. The zero-order valence-electron chi connectivity index (χ0n) is 43.1. The van der Waals surface area contributed by atoms with Crippen LogP contribution in [-0.2, 0) is 44.2 Å². The van der Waals surface area contributed by atoms with Crippen molar-refractivity contribution in [2.45, 2.75) is 88.4 Å². The molecule has 1 aliphatic carbocycles. The van der Waals surface area contributed by atoms with E-state index in [1.165, 1.54) is 12.4 Å². The van der Waals surface area contributed by atoms with Crippen LogP contribution in [0, 0.1) is 5.92 Å². The van der Waals surface area contributed by atoms with Gasteiger partial charge in [0.2, 0.25) is 17.7 Å². The predicted molar refractivity (Wildman–Crippen MR) is 272 cm³/mol. The Morgan fingerprint density at radius 2 is 1.55 bits per heavy atom. The first-order chi connectivity index (χ1) is 36.2. The van der Waals surface area contributed by atoms with Gasteiger partial charge in [0.15, 0.2) is 0 Å². The number of halogens is 3. The third kappa shape index (κ3) is 15.7. The van der Waals surface area contributed by atoms with Crippen molar-refractivity contribution < 1.29 is 56.0 Å². The van der Waals surface area contributed by atoms with Gasteiger partial charge >= 0.3 is 6.18 Å². The monoisotopic (exact) mass is 1050 g/mol. The van der Waals surface area contributed by atoms with E-state index in [0.29, 0.717) is 116 Å². The van der Waals surface area contributed by atoms with Gasteiger partial charge in [0.05, 0.1) is 101 Å². The molecular formula is C52H70F3N11O9. The van der Waals surface area contributed by atoms with Crippen LogP contribution >= 0.6 is 0 Å². The number of carbonyl (C=O) groups is 4. The predicted octanol–water partition coefficient (Wildman–Crippen LogP) is 4.34. The second kappa shape index (κ2) is 27.6. The molecule has 0 spiro atoms. The first-order valence-corrected chi connectivity index (χ1v) is 25.6. The van der Waals surface area contributed by atoms with E-state index in [4.69, 9.17) is 23.7 Å². The Balaban J connectivity index is 0.745. The Morgan fingerprint density at radius 1 is 0.853 bits per heavy atom. The fourth-order valence-corrected chi connectivity index (χ4v) is 9.75. The molecular weight excluding hydrogens is 980 g/mol. The topological polar surface area (TPSA) is 224 Å². The maximum atomic E-state index is 14.1. The highest BCUT2D eigenvalue weighted by atomic mass is 19.4. The van der Waals surface area contributed by atoms with E-state index >= 15 is 0 Å². The molecule has 2 saturated heterocycles. The van der Waals surface area contributed by atoms with E-state index in [1.54, 1.807) is 53.5 Å². The molecule has 23 heteroatoms. The summed E-state index contributed by atoms with van der Waals surface area (Å²) in [4.78, 5) is 75.9. The Kier molecular flexibility index (Phi) is 20.8. The second-order valence-corrected chi connectivity index (χ2v) is 19.1. The zero-order valence-corrected chi connectivity index (χ0v) is 43.1. The fourth-order valence-electron chi connectivity index (χ4n) is 9.75. The lowest BCUT2D eigenvalue weighted by molar-refractivity contribution is -0.137. The van der Waals surface area contributed by atoms with Crippen molar-refractivity contribution in [1.29, 1.82) is 0 Å². The smallest absolute Gasteiger partial charge is 0.377 e. The van der Waals surface area contributed by atoms with E-state index in [1.807, 2.05) is 6.07 Å². The van der Waals surface area contributed by atoms with Gasteiger partial charge in [0, 0.05) is 63.0 Å². The van der Waals surface area contributed by atoms with Crippen LogP contribution < -0.4 is 21.3 Å². The van der Waals surface area contributed by atoms with Crippen LogP contribution in [0.15, 0.2) is 67.3 Å². The van der Waals surface area contributed by atoms with E-state index in [0.717, 1.165) is 24.1 Å². The number of rotatable bonds is 28. The van der Waals surface area contributed by atoms with Crippen LogP contribution in [0.4, 0.5) is 24.8 Å². The van der Waals surface area contributed by atoms with Crippen molar-refractivity contribution in [3.8, 4) is 0 Å². The van der Waals surface area contributed by atoms with Crippen LogP contribution in [0.1, 0.15) is 73.6 Å². The molecule has 5 heterocycles. The van der Waals surface area contributed by atoms with Crippen molar-refractivity contribution in [1.82, 2.24) is 45.3 Å². The number of aromatic nitrogens is 4. The second-order valence-electron chi connectivity index (χ2n) is 19.1. The summed E-state index contributed by atoms with van der Waals surface area (Å²) in [5.74, 6) is -0.678. The molecule has 1 aromatic carbocycles. The van der Waals surface area contributed by atoms with Crippen molar-refractivity contribution in [3.05, 3.63) is 84.1 Å². The minimum Gasteiger partial charge on any atom is -0.377 e. The van der Waals surface area contributed by atoms with Gasteiger partial charge in [-0.25, -0.2) is 15.0 Å². The summed E-state index contributed by atoms with van der Waals surface area (Å²) in [7, 11) is 3.77. The van der Waals surface area contributed by atoms with Gasteiger partial charge in [-0.3, -0.25) is 24.2 Å². The molecule has 20 nitrogen and oxygen atoms in total. The highest BCUT2D eigenvalue weighted by molar-refractivity contribution is 5.94. The third-order valence-electron chi connectivity index (χ3n) is 13.9. The van der Waals surface area contributed by atoms with E-state index in [9.17, 15) is 32.3 Å². The number of nitrogens with one attached hydrogen (secondary N) is 4. The Morgan fingerprint density at radius 3 is 2.21 bits per heavy atom. The van der Waals surface area contributed by atoms with Crippen LogP contribution in [0.2, 0.25) is 0 Å². The van der Waals surface area contributed by atoms with Crippen molar-refractivity contribution >= 4 is 46.2 Å². The van der Waals surface area contributed by atoms with E-state index in [-0.39, 0.29) is 71.1 Å². The third-order valence-corrected chi connectivity index (χ3v) is 13.9. The molecule has 3 aromatic heterocycles. The van der Waals surface area contributed by atoms with Crippen LogP contribution in [-0.4, -0.2) is 188 Å². The number of alkyl halides is 3. The summed E-state index contributed by atoms with van der Waals surface area (Å²) >= 11 is 0. The first-order valence-electron chi connectivity index (χ1n) is 25.6. The number of hydrogen-bond donors (Lipinski definition) is 4. The Labute approximate surface area is 435 Å². The van der Waals surface area contributed by atoms with E-state index < -0.39 is 29.7 Å². The molecule has 1 saturated carbocycles. The summed E-state index contributed by atoms with van der Waals surface area (Å²) in [5.41, 5.74) is 0.538. The van der Waals surface area contributed by atoms with Gasteiger partial charge in [-0.1, -0.05) is 12.1 Å². The normalized spacial score (nSPS) is 21.1. The molecule has 3 fully saturated rings. The summed E-state index contributed by atoms with van der Waals surface area (Å²) in [5, 5.41) is 12.6. The highest BCUT2D eigenvalue weighted by Gasteiger charge is 2.45. The number of ether oxygens (including phenoxy) is 5. The van der Waals surface area contributed by atoms with Gasteiger partial charge in [0.25, 0.3) is 5.91 Å². The molecule has 75 heavy (non-hydrogen) atoms. The van der Waals surface area contributed by atoms with Gasteiger partial charge in [-0.05, 0) is 88.5 Å². The Bertz CT molecular complexity index is 2500. The summed E-state index contributed by atoms with van der Waals surface area (Å²) in [6, 6.07) is 10.7. The molecule has 3 aliphatic rings. The van der Waals surface area contributed by atoms with Crippen LogP contribution in [0.25, 0.3) is 10.9 Å². The average molecular weight is 1050 g/mol. The molecule has 408 valence electrons. The van der Waals surface area contributed by atoms with Crippen molar-refractivity contribution in [2.75, 3.05) is 110 Å². The van der Waals surface area contributed by atoms with Crippen LogP contribution in [0.5, 0.6) is 0 Å². The lowest BCUT2D eigenvalue weighted by Crippen LogP contribution is -2.58. The number of amides is 4. The molecule has 4 N–H and O–H groups in total. The SMILES string of the molecule is CC(C)N(C)[C@@H]1CC[C@H](N2CC[C@H](Nc3ncnc4ccc(C(F)(F)F)cc34)C2=O)[C@H](NC(=O)c2cccc(NCCOCCOCCOCCOCCOCCNC(=O)[C@H]3CC(=O)N(C)[C@@H]3c3cccnc3)n2)C1. The number of carbonyl (C=O) groups excluding carboxylic acids is 4. The minimum absolute atomic E-state index is 0.0770. The molecule has 6 atom stereocenters. The lowest BCUT2D eigenvalue weighted by Gasteiger charge is -2.44. The van der Waals surface area contributed by atoms with Crippen LogP contribution in [0.3, 0.4) is 0 Å². The van der Waals surface area contributed by atoms with Crippen molar-refractivity contribution in [2.24, 2.45) is 5.92 Å². The van der Waals surface area contributed by atoms with Gasteiger partial charge in [0.1, 0.15) is 29.7 Å². The standard InChI is InChI=1S/C52H70F3N11O9/c1-34(2)64(3)37-11-13-44(66-18-14-42(51(66)70)62-48-38-29-36(52(53,54)55)10-12-40(38)59-33-60-48)43(30-37)63-50(69)41-8-5-9-45(61-41)57-16-19-71-21-23-73-25-27-75-28-26-74-24-22-72-20-17-58-49(68)39-31-46(67)65(4)47(39)35-7-6-15-56-32-35/h5-10,12,15,29,32-34,37,39,42-44,47H,11,13-14,16-28,30-31H2,1-4H3,(H,57,61)(H,58,68)(H,63,69)(H,59,60,62)/t37-,39+,42+,43-,44+,47-/m1/s1.